The predicted molar refractivity (Wildman–Crippen MR) is 41.0 cm³/mol. The van der Waals surface area contributed by atoms with Crippen molar-refractivity contribution >= 4 is 5.91 Å². The number of amides is 1. The molecule has 0 atom stereocenters. The first-order valence-electron chi connectivity index (χ1n) is 3.43. The van der Waals surface area contributed by atoms with E-state index in [1.54, 1.807) is 0 Å². The number of hydrogen-bond donors (Lipinski definition) is 2. The number of carbonyl (C=O) groups excluding carboxylic acids is 1. The molecule has 0 fully saturated rings. The second-order valence-corrected chi connectivity index (χ2v) is 2.16. The smallest absolute Gasteiger partial charge is 0.246 e. The summed E-state index contributed by atoms with van der Waals surface area (Å²) in [5, 5.41) is 0. The van der Waals surface area contributed by atoms with Crippen molar-refractivity contribution in [3.05, 3.63) is 11.8 Å². The predicted octanol–water partition coefficient (Wildman–Crippen LogP) is 0.505. The van der Waals surface area contributed by atoms with Gasteiger partial charge in [-0.05, 0) is 12.8 Å². The maximum absolute atomic E-state index is 10.5. The molecule has 0 aromatic heterocycles. The Bertz CT molecular complexity index is 141. The Morgan fingerprint density at radius 3 is 2.50 bits per heavy atom. The minimum absolute atomic E-state index is 0.407. The second-order valence-electron chi connectivity index (χ2n) is 2.16. The summed E-state index contributed by atoms with van der Waals surface area (Å²) >= 11 is 0. The summed E-state index contributed by atoms with van der Waals surface area (Å²) in [6.07, 6.45) is 4.00. The summed E-state index contributed by atoms with van der Waals surface area (Å²) in [6, 6.07) is 0. The van der Waals surface area contributed by atoms with Crippen LogP contribution in [0.1, 0.15) is 26.2 Å². The van der Waals surface area contributed by atoms with Crippen molar-refractivity contribution in [1.29, 1.82) is 0 Å². The van der Waals surface area contributed by atoms with Gasteiger partial charge in [0.2, 0.25) is 5.91 Å². The molecule has 0 heterocycles. The topological polar surface area (TPSA) is 69.1 Å². The summed E-state index contributed by atoms with van der Waals surface area (Å²) in [6.45, 7) is 2.05. The molecule has 0 saturated heterocycles. The molecule has 0 bridgehead atoms. The van der Waals surface area contributed by atoms with Crippen molar-refractivity contribution < 1.29 is 4.79 Å². The highest BCUT2D eigenvalue weighted by Crippen LogP contribution is 2.04. The van der Waals surface area contributed by atoms with Crippen LogP contribution in [0.5, 0.6) is 0 Å². The van der Waals surface area contributed by atoms with Crippen molar-refractivity contribution in [1.82, 2.24) is 0 Å². The quantitative estimate of drug-likeness (QED) is 0.561. The summed E-state index contributed by atoms with van der Waals surface area (Å²) in [4.78, 5) is 10.5. The SMILES string of the molecule is CCCCC(=CN)C(N)=O. The van der Waals surface area contributed by atoms with Crippen LogP contribution in [0.25, 0.3) is 0 Å². The van der Waals surface area contributed by atoms with Gasteiger partial charge in [0.1, 0.15) is 0 Å². The van der Waals surface area contributed by atoms with Crippen LogP contribution in [0.4, 0.5) is 0 Å². The van der Waals surface area contributed by atoms with Crippen molar-refractivity contribution in [2.24, 2.45) is 11.5 Å². The van der Waals surface area contributed by atoms with Gasteiger partial charge >= 0.3 is 0 Å². The number of primary amides is 1. The summed E-state index contributed by atoms with van der Waals surface area (Å²) < 4.78 is 0. The molecule has 0 aliphatic rings. The lowest BCUT2D eigenvalue weighted by Gasteiger charge is -1.98. The fourth-order valence-electron chi connectivity index (χ4n) is 0.656. The van der Waals surface area contributed by atoms with E-state index in [0.717, 1.165) is 12.8 Å². The van der Waals surface area contributed by atoms with Crippen molar-refractivity contribution in [3.63, 3.8) is 0 Å². The van der Waals surface area contributed by atoms with E-state index >= 15 is 0 Å². The van der Waals surface area contributed by atoms with Crippen LogP contribution < -0.4 is 11.5 Å². The van der Waals surface area contributed by atoms with Gasteiger partial charge < -0.3 is 11.5 Å². The highest BCUT2D eigenvalue weighted by Gasteiger charge is 2.01. The zero-order chi connectivity index (χ0) is 7.98. The molecule has 0 unspecified atom stereocenters. The van der Waals surface area contributed by atoms with Gasteiger partial charge in [-0.3, -0.25) is 4.79 Å². The number of nitrogens with two attached hydrogens (primary N) is 2. The Morgan fingerprint density at radius 2 is 2.20 bits per heavy atom. The van der Waals surface area contributed by atoms with E-state index in [2.05, 4.69) is 6.92 Å². The minimum Gasteiger partial charge on any atom is -0.404 e. The normalized spacial score (nSPS) is 11.5. The molecule has 0 spiro atoms. The molecule has 3 heteroatoms. The molecule has 3 nitrogen and oxygen atoms in total. The monoisotopic (exact) mass is 142 g/mol. The molecular weight excluding hydrogens is 128 g/mol. The largest absolute Gasteiger partial charge is 0.404 e. The van der Waals surface area contributed by atoms with Gasteiger partial charge in [-0.2, -0.15) is 0 Å². The van der Waals surface area contributed by atoms with Crippen molar-refractivity contribution in [2.75, 3.05) is 0 Å². The number of carbonyl (C=O) groups is 1. The maximum atomic E-state index is 10.5. The molecule has 58 valence electrons. The van der Waals surface area contributed by atoms with Crippen LogP contribution in [0.15, 0.2) is 11.8 Å². The fraction of sp³-hybridized carbons (Fsp3) is 0.571. The van der Waals surface area contributed by atoms with Crippen LogP contribution in [0.3, 0.4) is 0 Å². The van der Waals surface area contributed by atoms with Gasteiger partial charge in [0.05, 0.1) is 0 Å². The van der Waals surface area contributed by atoms with Gasteiger partial charge in [-0.1, -0.05) is 13.3 Å². The molecule has 4 N–H and O–H groups in total. The van der Waals surface area contributed by atoms with E-state index in [4.69, 9.17) is 11.5 Å². The van der Waals surface area contributed by atoms with Crippen LogP contribution in [-0.2, 0) is 4.79 Å². The average Bonchev–Trinajstić information content (AvgIpc) is 1.89. The number of hydrogen-bond acceptors (Lipinski definition) is 2. The lowest BCUT2D eigenvalue weighted by molar-refractivity contribution is -0.114. The Kier molecular flexibility index (Phi) is 4.37. The average molecular weight is 142 g/mol. The first-order chi connectivity index (χ1) is 4.72. The molecule has 0 saturated carbocycles. The third kappa shape index (κ3) is 3.12. The molecule has 0 aliphatic heterocycles. The van der Waals surface area contributed by atoms with Crippen LogP contribution in [0.2, 0.25) is 0 Å². The third-order valence-corrected chi connectivity index (χ3v) is 1.32. The van der Waals surface area contributed by atoms with Gasteiger partial charge in [0, 0.05) is 11.8 Å². The summed E-state index contributed by atoms with van der Waals surface area (Å²) in [7, 11) is 0. The third-order valence-electron chi connectivity index (χ3n) is 1.32. The van der Waals surface area contributed by atoms with E-state index in [1.807, 2.05) is 0 Å². The Morgan fingerprint density at radius 1 is 1.60 bits per heavy atom. The van der Waals surface area contributed by atoms with Crippen LogP contribution in [0, 0.1) is 0 Å². The van der Waals surface area contributed by atoms with E-state index in [1.165, 1.54) is 6.20 Å². The maximum Gasteiger partial charge on any atom is 0.246 e. The highest BCUT2D eigenvalue weighted by molar-refractivity contribution is 5.91. The van der Waals surface area contributed by atoms with Gasteiger partial charge in [-0.25, -0.2) is 0 Å². The highest BCUT2D eigenvalue weighted by atomic mass is 16.1. The Hall–Kier alpha value is -0.990. The zero-order valence-electron chi connectivity index (χ0n) is 6.26. The van der Waals surface area contributed by atoms with E-state index < -0.39 is 5.91 Å². The molecule has 0 aromatic rings. The Labute approximate surface area is 61.1 Å². The number of rotatable bonds is 4. The zero-order valence-corrected chi connectivity index (χ0v) is 6.26. The van der Waals surface area contributed by atoms with Crippen LogP contribution >= 0.6 is 0 Å². The van der Waals surface area contributed by atoms with E-state index in [0.29, 0.717) is 12.0 Å². The summed E-state index contributed by atoms with van der Waals surface area (Å²) in [5.41, 5.74) is 10.7. The number of unbranched alkanes of at least 4 members (excludes halogenated alkanes) is 1. The first kappa shape index (κ1) is 9.01. The van der Waals surface area contributed by atoms with Gasteiger partial charge in [-0.15, -0.1) is 0 Å². The fourth-order valence-corrected chi connectivity index (χ4v) is 0.656. The molecule has 10 heavy (non-hydrogen) atoms. The second kappa shape index (κ2) is 4.85. The summed E-state index contributed by atoms with van der Waals surface area (Å²) in [5.74, 6) is -0.407. The lowest BCUT2D eigenvalue weighted by atomic mass is 10.1. The van der Waals surface area contributed by atoms with Crippen molar-refractivity contribution in [2.45, 2.75) is 26.2 Å². The molecule has 0 rings (SSSR count). The first-order valence-corrected chi connectivity index (χ1v) is 3.43. The van der Waals surface area contributed by atoms with E-state index in [-0.39, 0.29) is 0 Å². The van der Waals surface area contributed by atoms with Gasteiger partial charge in [0.15, 0.2) is 0 Å². The van der Waals surface area contributed by atoms with E-state index in [9.17, 15) is 4.79 Å². The molecular formula is C7H14N2O. The minimum atomic E-state index is -0.407. The van der Waals surface area contributed by atoms with Gasteiger partial charge in [0.25, 0.3) is 0 Å². The van der Waals surface area contributed by atoms with Crippen LogP contribution in [-0.4, -0.2) is 5.91 Å². The Balaban J connectivity index is 3.74. The van der Waals surface area contributed by atoms with Crippen molar-refractivity contribution in [3.8, 4) is 0 Å². The standard InChI is InChI=1S/C7H14N2O/c1-2-3-4-6(5-8)7(9)10/h5H,2-4,8H2,1H3,(H2,9,10). The molecule has 0 aromatic carbocycles. The molecule has 0 aliphatic carbocycles. The molecule has 1 amide bonds. The lowest BCUT2D eigenvalue weighted by Crippen LogP contribution is -2.15. The molecule has 0 radical (unpaired) electrons.